The Morgan fingerprint density at radius 3 is 2.28 bits per heavy atom. The van der Waals surface area contributed by atoms with Gasteiger partial charge in [-0.15, -0.1) is 0 Å². The fraction of sp³-hybridized carbons (Fsp3) is 0.462. The van der Waals surface area contributed by atoms with Crippen LogP contribution in [0.1, 0.15) is 45.6 Å². The normalized spacial score (nSPS) is 12.3. The van der Waals surface area contributed by atoms with Crippen LogP contribution in [0.3, 0.4) is 0 Å². The summed E-state index contributed by atoms with van der Waals surface area (Å²) in [6.45, 7) is 6.05. The Kier molecular flexibility index (Phi) is 11.5. The molecule has 0 spiro atoms. The van der Waals surface area contributed by atoms with Crippen molar-refractivity contribution in [3.63, 3.8) is 0 Å². The average molecular weight is 557 g/mol. The summed E-state index contributed by atoms with van der Waals surface area (Å²) < 4.78 is 26.1. The molecule has 2 amide bonds. The van der Waals surface area contributed by atoms with E-state index in [0.29, 0.717) is 24.4 Å². The molecule has 2 rings (SSSR count). The highest BCUT2D eigenvalue weighted by atomic mass is 35.5. The van der Waals surface area contributed by atoms with Crippen LogP contribution < -0.4 is 9.62 Å². The predicted molar refractivity (Wildman–Crippen MR) is 147 cm³/mol. The van der Waals surface area contributed by atoms with Crippen molar-refractivity contribution < 1.29 is 18.0 Å². The standard InChI is InChI=1S/C26H35Cl2N3O4S/c1-5-23(26(33)29-19(2)3)30(17-15-20-10-7-6-8-11-20)25(32)12-9-16-31(36(4,34)35)24-18-21(27)13-14-22(24)28/h6-8,10-11,13-14,18-19,23H,5,9,12,15-17H2,1-4H3,(H,29,33)/t23-/m0/s1. The Labute approximate surface area is 224 Å². The lowest BCUT2D eigenvalue weighted by molar-refractivity contribution is -0.141. The number of nitrogens with one attached hydrogen (secondary N) is 1. The predicted octanol–water partition coefficient (Wildman–Crippen LogP) is 4.91. The van der Waals surface area contributed by atoms with Gasteiger partial charge >= 0.3 is 0 Å². The average Bonchev–Trinajstić information content (AvgIpc) is 2.80. The maximum atomic E-state index is 13.4. The maximum absolute atomic E-state index is 13.4. The van der Waals surface area contributed by atoms with E-state index in [4.69, 9.17) is 23.2 Å². The minimum Gasteiger partial charge on any atom is -0.352 e. The number of sulfonamides is 1. The molecular formula is C26H35Cl2N3O4S. The Bertz CT molecular complexity index is 1130. The number of hydrogen-bond acceptors (Lipinski definition) is 4. The van der Waals surface area contributed by atoms with Crippen molar-refractivity contribution >= 4 is 50.7 Å². The quantitative estimate of drug-likeness (QED) is 0.380. The summed E-state index contributed by atoms with van der Waals surface area (Å²) in [6.07, 6.45) is 2.48. The van der Waals surface area contributed by atoms with Crippen molar-refractivity contribution in [3.8, 4) is 0 Å². The molecular weight excluding hydrogens is 521 g/mol. The van der Waals surface area contributed by atoms with Crippen LogP contribution in [0.4, 0.5) is 5.69 Å². The molecule has 0 aromatic heterocycles. The van der Waals surface area contributed by atoms with Gasteiger partial charge in [0.15, 0.2) is 0 Å². The number of halogens is 2. The van der Waals surface area contributed by atoms with E-state index in [1.54, 1.807) is 11.0 Å². The summed E-state index contributed by atoms with van der Waals surface area (Å²) in [5, 5.41) is 3.51. The molecule has 0 radical (unpaired) electrons. The number of rotatable bonds is 13. The zero-order valence-electron chi connectivity index (χ0n) is 21.2. The molecule has 198 valence electrons. The molecule has 0 unspecified atom stereocenters. The van der Waals surface area contributed by atoms with Crippen LogP contribution in [-0.4, -0.2) is 56.6 Å². The molecule has 0 aliphatic heterocycles. The van der Waals surface area contributed by atoms with Gasteiger partial charge in [0.25, 0.3) is 0 Å². The number of hydrogen-bond donors (Lipinski definition) is 1. The fourth-order valence-electron chi connectivity index (χ4n) is 3.94. The first-order chi connectivity index (χ1) is 16.9. The van der Waals surface area contributed by atoms with E-state index in [1.807, 2.05) is 51.1 Å². The summed E-state index contributed by atoms with van der Waals surface area (Å²) in [4.78, 5) is 27.9. The summed E-state index contributed by atoms with van der Waals surface area (Å²) in [5.74, 6) is -0.403. The number of anilines is 1. The van der Waals surface area contributed by atoms with Gasteiger partial charge in [-0.2, -0.15) is 0 Å². The second kappa shape index (κ2) is 13.9. The molecule has 0 fully saturated rings. The molecule has 0 heterocycles. The van der Waals surface area contributed by atoms with Gasteiger partial charge in [0.1, 0.15) is 6.04 Å². The molecule has 1 N–H and O–H groups in total. The summed E-state index contributed by atoms with van der Waals surface area (Å²) >= 11 is 12.3. The van der Waals surface area contributed by atoms with Crippen LogP contribution >= 0.6 is 23.2 Å². The highest BCUT2D eigenvalue weighted by Crippen LogP contribution is 2.31. The van der Waals surface area contributed by atoms with E-state index in [9.17, 15) is 18.0 Å². The smallest absolute Gasteiger partial charge is 0.242 e. The molecule has 2 aromatic rings. The minimum absolute atomic E-state index is 0.0478. The molecule has 0 saturated heterocycles. The van der Waals surface area contributed by atoms with E-state index in [-0.39, 0.29) is 48.0 Å². The number of nitrogens with zero attached hydrogens (tertiary/aromatic N) is 2. The molecule has 1 atom stereocenters. The molecule has 2 aromatic carbocycles. The first-order valence-electron chi connectivity index (χ1n) is 12.0. The van der Waals surface area contributed by atoms with Crippen molar-refractivity contribution in [3.05, 3.63) is 64.1 Å². The van der Waals surface area contributed by atoms with E-state index in [0.717, 1.165) is 16.1 Å². The molecule has 36 heavy (non-hydrogen) atoms. The minimum atomic E-state index is -3.67. The number of benzene rings is 2. The summed E-state index contributed by atoms with van der Waals surface area (Å²) in [5.41, 5.74) is 1.33. The van der Waals surface area contributed by atoms with Gasteiger partial charge in [0.2, 0.25) is 21.8 Å². The van der Waals surface area contributed by atoms with Gasteiger partial charge in [0, 0.05) is 30.6 Å². The number of amides is 2. The Hall–Kier alpha value is -2.29. The molecule has 0 saturated carbocycles. The Balaban J connectivity index is 2.19. The van der Waals surface area contributed by atoms with Crippen LogP contribution in [0.15, 0.2) is 48.5 Å². The van der Waals surface area contributed by atoms with Crippen LogP contribution in [0.2, 0.25) is 10.0 Å². The fourth-order valence-corrected chi connectivity index (χ4v) is 5.34. The van der Waals surface area contributed by atoms with Gasteiger partial charge in [0.05, 0.1) is 17.0 Å². The van der Waals surface area contributed by atoms with E-state index in [2.05, 4.69) is 5.32 Å². The lowest BCUT2D eigenvalue weighted by Gasteiger charge is -2.31. The largest absolute Gasteiger partial charge is 0.352 e. The first-order valence-corrected chi connectivity index (χ1v) is 14.6. The van der Waals surface area contributed by atoms with Crippen molar-refractivity contribution in [1.82, 2.24) is 10.2 Å². The molecule has 0 aliphatic rings. The molecule has 10 heteroatoms. The third-order valence-electron chi connectivity index (χ3n) is 5.63. The highest BCUT2D eigenvalue weighted by molar-refractivity contribution is 7.92. The maximum Gasteiger partial charge on any atom is 0.242 e. The van der Waals surface area contributed by atoms with Gasteiger partial charge in [-0.25, -0.2) is 8.42 Å². The highest BCUT2D eigenvalue weighted by Gasteiger charge is 2.29. The molecule has 0 bridgehead atoms. The lowest BCUT2D eigenvalue weighted by atomic mass is 10.1. The second-order valence-corrected chi connectivity index (χ2v) is 11.7. The third kappa shape index (κ3) is 8.98. The van der Waals surface area contributed by atoms with Gasteiger partial charge in [-0.3, -0.25) is 13.9 Å². The van der Waals surface area contributed by atoms with Crippen molar-refractivity contribution in [2.24, 2.45) is 0 Å². The second-order valence-electron chi connectivity index (χ2n) is 8.94. The van der Waals surface area contributed by atoms with Crippen molar-refractivity contribution in [1.29, 1.82) is 0 Å². The van der Waals surface area contributed by atoms with Crippen LogP contribution in [0.5, 0.6) is 0 Å². The van der Waals surface area contributed by atoms with Crippen LogP contribution in [0.25, 0.3) is 0 Å². The van der Waals surface area contributed by atoms with Crippen molar-refractivity contribution in [2.45, 2.75) is 58.5 Å². The summed E-state index contributed by atoms with van der Waals surface area (Å²) in [7, 11) is -3.67. The Morgan fingerprint density at radius 2 is 1.69 bits per heavy atom. The van der Waals surface area contributed by atoms with Gasteiger partial charge in [-0.05, 0) is 56.9 Å². The molecule has 0 aliphatic carbocycles. The number of carbonyl (C=O) groups is 2. The summed E-state index contributed by atoms with van der Waals surface area (Å²) in [6, 6.07) is 13.7. The van der Waals surface area contributed by atoms with E-state index in [1.165, 1.54) is 12.1 Å². The lowest BCUT2D eigenvalue weighted by Crippen LogP contribution is -2.51. The molecule has 7 nitrogen and oxygen atoms in total. The van der Waals surface area contributed by atoms with Gasteiger partial charge < -0.3 is 10.2 Å². The monoisotopic (exact) mass is 555 g/mol. The van der Waals surface area contributed by atoms with E-state index < -0.39 is 16.1 Å². The topological polar surface area (TPSA) is 86.8 Å². The van der Waals surface area contributed by atoms with Gasteiger partial charge in [-0.1, -0.05) is 60.5 Å². The first kappa shape index (κ1) is 29.9. The third-order valence-corrected chi connectivity index (χ3v) is 7.36. The SMILES string of the molecule is CC[C@@H](C(=O)NC(C)C)N(CCc1ccccc1)C(=O)CCCN(c1cc(Cl)ccc1Cl)S(C)(=O)=O. The van der Waals surface area contributed by atoms with E-state index >= 15 is 0 Å². The number of carbonyl (C=O) groups excluding carboxylic acids is 2. The van der Waals surface area contributed by atoms with Crippen LogP contribution in [-0.2, 0) is 26.0 Å². The Morgan fingerprint density at radius 1 is 1.03 bits per heavy atom. The zero-order chi connectivity index (χ0) is 26.9. The zero-order valence-corrected chi connectivity index (χ0v) is 23.5. The van der Waals surface area contributed by atoms with Crippen molar-refractivity contribution in [2.75, 3.05) is 23.7 Å². The van der Waals surface area contributed by atoms with Crippen LogP contribution in [0, 0.1) is 0 Å².